The molecule has 1 aliphatic rings. The molecule has 186 valence electrons. The van der Waals surface area contributed by atoms with Crippen LogP contribution in [-0.2, 0) is 19.1 Å². The number of nitrogens with one attached hydrogen (secondary N) is 1. The number of pyridine rings is 1. The van der Waals surface area contributed by atoms with Gasteiger partial charge in [0.15, 0.2) is 0 Å². The Morgan fingerprint density at radius 2 is 1.69 bits per heavy atom. The molecule has 2 heterocycles. The third-order valence-electron chi connectivity index (χ3n) is 7.88. The lowest BCUT2D eigenvalue weighted by Crippen LogP contribution is -2.55. The molecule has 1 fully saturated rings. The fourth-order valence-electron chi connectivity index (χ4n) is 6.07. The van der Waals surface area contributed by atoms with Gasteiger partial charge in [-0.25, -0.2) is 0 Å². The quantitative estimate of drug-likeness (QED) is 0.325. The summed E-state index contributed by atoms with van der Waals surface area (Å²) in [5.74, 6) is 0. The van der Waals surface area contributed by atoms with E-state index >= 15 is 0 Å². The van der Waals surface area contributed by atoms with Crippen molar-refractivity contribution in [3.05, 3.63) is 111 Å². The number of fused-ring (bicyclic) bond motifs is 1. The van der Waals surface area contributed by atoms with Gasteiger partial charge in [0, 0.05) is 48.0 Å². The molecule has 1 aromatic heterocycles. The van der Waals surface area contributed by atoms with Gasteiger partial charge in [-0.1, -0.05) is 60.1 Å². The fraction of sp³-hybridized carbons (Fsp3) is 0.323. The second-order valence-corrected chi connectivity index (χ2v) is 10.8. The van der Waals surface area contributed by atoms with Gasteiger partial charge in [-0.2, -0.15) is 0 Å². The average molecular weight is 500 g/mol. The van der Waals surface area contributed by atoms with Crippen LogP contribution in [0.4, 0.5) is 5.69 Å². The maximum atomic E-state index is 12.9. The number of piperidine rings is 1. The number of hydrogen-bond donors (Lipinski definition) is 1. The van der Waals surface area contributed by atoms with Crippen molar-refractivity contribution in [3.8, 4) is 0 Å². The maximum Gasteiger partial charge on any atom is 0.258 e. The lowest BCUT2D eigenvalue weighted by atomic mass is 9.73. The normalized spacial score (nSPS) is 22.6. The molecule has 36 heavy (non-hydrogen) atoms. The number of benzene rings is 3. The highest BCUT2D eigenvalue weighted by Gasteiger charge is 2.44. The minimum Gasteiger partial charge on any atom is -0.375 e. The van der Waals surface area contributed by atoms with Gasteiger partial charge in [-0.15, -0.1) is 0 Å². The van der Waals surface area contributed by atoms with Gasteiger partial charge in [0.1, 0.15) is 0 Å². The van der Waals surface area contributed by atoms with Crippen LogP contribution in [0.25, 0.3) is 10.8 Å². The summed E-state index contributed by atoms with van der Waals surface area (Å²) in [5.41, 5.74) is 4.34. The van der Waals surface area contributed by atoms with Gasteiger partial charge in [-0.3, -0.25) is 9.69 Å². The van der Waals surface area contributed by atoms with Crippen LogP contribution in [0.2, 0.25) is 5.02 Å². The molecule has 0 amide bonds. The van der Waals surface area contributed by atoms with Crippen LogP contribution in [0.3, 0.4) is 0 Å². The van der Waals surface area contributed by atoms with Crippen LogP contribution in [0.5, 0.6) is 0 Å². The zero-order chi connectivity index (χ0) is 25.4. The lowest BCUT2D eigenvalue weighted by Gasteiger charge is -2.51. The Morgan fingerprint density at radius 1 is 0.972 bits per heavy atom. The van der Waals surface area contributed by atoms with Crippen LogP contribution in [-0.4, -0.2) is 21.6 Å². The summed E-state index contributed by atoms with van der Waals surface area (Å²) in [7, 11) is 1.80. The van der Waals surface area contributed by atoms with Gasteiger partial charge in [0.25, 0.3) is 5.56 Å². The minimum absolute atomic E-state index is 0.0172. The van der Waals surface area contributed by atoms with Crippen molar-refractivity contribution >= 4 is 28.1 Å². The monoisotopic (exact) mass is 499 g/mol. The van der Waals surface area contributed by atoms with E-state index in [4.69, 9.17) is 11.6 Å². The molecule has 0 bridgehead atoms. The number of hydrogen-bond acceptors (Lipinski definition) is 3. The number of aromatic nitrogens is 1. The van der Waals surface area contributed by atoms with Crippen molar-refractivity contribution in [3.63, 3.8) is 0 Å². The van der Waals surface area contributed by atoms with Gasteiger partial charge in [-0.05, 0) is 80.0 Å². The van der Waals surface area contributed by atoms with Crippen molar-refractivity contribution < 1.29 is 0 Å². The van der Waals surface area contributed by atoms with Crippen molar-refractivity contribution in [2.24, 2.45) is 7.05 Å². The molecule has 1 aliphatic heterocycles. The van der Waals surface area contributed by atoms with Crippen molar-refractivity contribution in [1.29, 1.82) is 0 Å². The van der Waals surface area contributed by atoms with Gasteiger partial charge in [0.2, 0.25) is 0 Å². The molecular weight excluding hydrogens is 466 g/mol. The molecular formula is C31H34ClN3O. The summed E-state index contributed by atoms with van der Waals surface area (Å²) in [6, 6.07) is 25.7. The Labute approximate surface area is 218 Å². The standard InChI is InChI=1S/C31H34ClN3O/c1-21-18-31(28-11-8-12-29(32)23(28)3,19-22(2)35(21)20-24-9-6-5-7-10-24)33-26-14-13-25-15-16-34(4)30(36)27(25)17-26/h5-17,21-22,33H,18-20H2,1-4H3/t21-,22+,31?. The van der Waals surface area contributed by atoms with Crippen LogP contribution in [0, 0.1) is 6.92 Å². The Morgan fingerprint density at radius 3 is 2.42 bits per heavy atom. The summed E-state index contributed by atoms with van der Waals surface area (Å²) >= 11 is 6.64. The third kappa shape index (κ3) is 4.56. The fourth-order valence-corrected chi connectivity index (χ4v) is 6.25. The van der Waals surface area contributed by atoms with E-state index in [1.165, 1.54) is 11.1 Å². The molecule has 0 saturated carbocycles. The summed E-state index contributed by atoms with van der Waals surface area (Å²) in [5, 5.41) is 6.40. The highest BCUT2D eigenvalue weighted by atomic mass is 35.5. The first kappa shape index (κ1) is 24.6. The van der Waals surface area contributed by atoms with E-state index in [-0.39, 0.29) is 11.1 Å². The Balaban J connectivity index is 1.56. The molecule has 5 rings (SSSR count). The van der Waals surface area contributed by atoms with Crippen LogP contribution in [0.15, 0.2) is 83.8 Å². The molecule has 0 aliphatic carbocycles. The van der Waals surface area contributed by atoms with Crippen LogP contribution in [0.1, 0.15) is 43.4 Å². The van der Waals surface area contributed by atoms with Gasteiger partial charge in [0.05, 0.1) is 5.54 Å². The molecule has 5 heteroatoms. The number of nitrogens with zero attached hydrogens (tertiary/aromatic N) is 2. The number of halogens is 1. The molecule has 3 atom stereocenters. The molecule has 0 spiro atoms. The first-order valence-corrected chi connectivity index (χ1v) is 13.1. The van der Waals surface area contributed by atoms with Crippen molar-refractivity contribution in [2.75, 3.05) is 5.32 Å². The molecule has 1 saturated heterocycles. The molecule has 3 aromatic carbocycles. The molecule has 4 nitrogen and oxygen atoms in total. The van der Waals surface area contributed by atoms with Crippen LogP contribution < -0.4 is 10.9 Å². The topological polar surface area (TPSA) is 37.3 Å². The van der Waals surface area contributed by atoms with E-state index < -0.39 is 0 Å². The van der Waals surface area contributed by atoms with Crippen molar-refractivity contribution in [1.82, 2.24) is 9.47 Å². The summed E-state index contributed by atoms with van der Waals surface area (Å²) in [4.78, 5) is 15.5. The van der Waals surface area contributed by atoms with E-state index in [9.17, 15) is 4.79 Å². The van der Waals surface area contributed by atoms with E-state index in [0.717, 1.165) is 46.4 Å². The number of anilines is 1. The van der Waals surface area contributed by atoms with E-state index in [0.29, 0.717) is 12.1 Å². The van der Waals surface area contributed by atoms with Gasteiger partial charge < -0.3 is 9.88 Å². The summed E-state index contributed by atoms with van der Waals surface area (Å²) in [6.07, 6.45) is 3.67. The number of aryl methyl sites for hydroxylation is 1. The predicted molar refractivity (Wildman–Crippen MR) is 151 cm³/mol. The highest BCUT2D eigenvalue weighted by Crippen LogP contribution is 2.44. The van der Waals surface area contributed by atoms with E-state index in [1.54, 1.807) is 11.6 Å². The minimum atomic E-state index is -0.311. The SMILES string of the molecule is Cc1c(Cl)cccc1C1(Nc2ccc3ccn(C)c(=O)c3c2)C[C@@H](C)N(Cc2ccccc2)[C@@H](C)C1. The molecule has 1 N–H and O–H groups in total. The van der Waals surface area contributed by atoms with Gasteiger partial charge >= 0.3 is 0 Å². The number of rotatable bonds is 5. The molecule has 4 aromatic rings. The summed E-state index contributed by atoms with van der Waals surface area (Å²) < 4.78 is 1.63. The largest absolute Gasteiger partial charge is 0.375 e. The Hall–Kier alpha value is -3.08. The molecule has 1 unspecified atom stereocenters. The molecule has 0 radical (unpaired) electrons. The first-order valence-electron chi connectivity index (χ1n) is 12.7. The third-order valence-corrected chi connectivity index (χ3v) is 8.29. The zero-order valence-corrected chi connectivity index (χ0v) is 22.2. The second-order valence-electron chi connectivity index (χ2n) is 10.4. The lowest BCUT2D eigenvalue weighted by molar-refractivity contribution is 0.0550. The summed E-state index contributed by atoms with van der Waals surface area (Å²) in [6.45, 7) is 7.69. The van der Waals surface area contributed by atoms with E-state index in [1.807, 2.05) is 30.5 Å². The van der Waals surface area contributed by atoms with Crippen molar-refractivity contribution in [2.45, 2.75) is 57.8 Å². The zero-order valence-electron chi connectivity index (χ0n) is 21.5. The van der Waals surface area contributed by atoms with Crippen LogP contribution >= 0.6 is 11.6 Å². The second kappa shape index (κ2) is 9.76. The first-order chi connectivity index (χ1) is 17.3. The van der Waals surface area contributed by atoms with E-state index in [2.05, 4.69) is 79.5 Å². The Kier molecular flexibility index (Phi) is 6.67. The Bertz CT molecular complexity index is 1430. The maximum absolute atomic E-state index is 12.9. The average Bonchev–Trinajstić information content (AvgIpc) is 2.86. The predicted octanol–water partition coefficient (Wildman–Crippen LogP) is 6.88. The number of likely N-dealkylation sites (tertiary alicyclic amines) is 1. The highest BCUT2D eigenvalue weighted by molar-refractivity contribution is 6.31. The smallest absolute Gasteiger partial charge is 0.258 e.